The fourth-order valence-corrected chi connectivity index (χ4v) is 13.8. The molecule has 59 heavy (non-hydrogen) atoms. The summed E-state index contributed by atoms with van der Waals surface area (Å²) in [7, 11) is 0. The van der Waals surface area contributed by atoms with Gasteiger partial charge >= 0.3 is 0 Å². The molecule has 0 radical (unpaired) electrons. The van der Waals surface area contributed by atoms with Crippen molar-refractivity contribution in [1.29, 1.82) is 0 Å². The summed E-state index contributed by atoms with van der Waals surface area (Å²) >= 11 is 5.56. The van der Waals surface area contributed by atoms with Gasteiger partial charge in [-0.3, -0.25) is 10.4 Å². The molecule has 0 fully saturated rings. The number of rotatable bonds is 3. The van der Waals surface area contributed by atoms with Gasteiger partial charge in [-0.15, -0.1) is 22.7 Å². The van der Waals surface area contributed by atoms with Crippen molar-refractivity contribution in [1.82, 2.24) is 0 Å². The number of anilines is 8. The van der Waals surface area contributed by atoms with Crippen molar-refractivity contribution < 1.29 is 0 Å². The molecule has 0 saturated carbocycles. The Bertz CT molecular complexity index is 3050. The van der Waals surface area contributed by atoms with Crippen LogP contribution in [-0.2, 0) is 10.8 Å². The van der Waals surface area contributed by atoms with Gasteiger partial charge in [-0.05, 0) is 117 Å². The molecule has 7 aromatic carbocycles. The van der Waals surface area contributed by atoms with E-state index >= 15 is 0 Å². The Labute approximate surface area is 355 Å². The van der Waals surface area contributed by atoms with E-state index in [1.807, 2.05) is 34.4 Å². The average molecular weight is 811 g/mol. The third-order valence-electron chi connectivity index (χ3n) is 12.6. The molecule has 0 aliphatic carbocycles. The molecule has 13 rings (SSSR count). The molecule has 0 atom stereocenters. The van der Waals surface area contributed by atoms with Gasteiger partial charge < -0.3 is 10.2 Å². The van der Waals surface area contributed by atoms with Crippen LogP contribution in [-0.4, -0.2) is 0 Å². The normalized spacial score (nSPS) is 15.4. The molecule has 6 heterocycles. The Balaban J connectivity index is 0.928. The van der Waals surface area contributed by atoms with E-state index in [0.717, 1.165) is 22.7 Å². The lowest BCUT2D eigenvalue weighted by atomic mass is 9.63. The third kappa shape index (κ3) is 4.39. The second-order valence-electron chi connectivity index (χ2n) is 15.4. The van der Waals surface area contributed by atoms with Gasteiger partial charge in [0, 0.05) is 30.9 Å². The minimum absolute atomic E-state index is 0.425. The van der Waals surface area contributed by atoms with Gasteiger partial charge in [0.25, 0.3) is 0 Å². The zero-order valence-electron chi connectivity index (χ0n) is 31.6. The first-order valence-corrected chi connectivity index (χ1v) is 22.5. The summed E-state index contributed by atoms with van der Waals surface area (Å²) in [5, 5.41) is 10.5. The Hall–Kier alpha value is -6.51. The Morgan fingerprint density at radius 3 is 1.59 bits per heavy atom. The van der Waals surface area contributed by atoms with E-state index in [-0.39, 0.29) is 0 Å². The Kier molecular flexibility index (Phi) is 7.09. The van der Waals surface area contributed by atoms with Crippen molar-refractivity contribution in [3.05, 3.63) is 236 Å². The number of nitrogens with zero attached hydrogens (tertiary/aromatic N) is 2. The Morgan fingerprint density at radius 2 is 0.915 bits per heavy atom. The average Bonchev–Trinajstić information content (AvgIpc) is 3.99. The van der Waals surface area contributed by atoms with Crippen LogP contribution >= 0.6 is 34.4 Å². The van der Waals surface area contributed by atoms with Gasteiger partial charge in [0.2, 0.25) is 0 Å². The van der Waals surface area contributed by atoms with Crippen molar-refractivity contribution in [3.8, 4) is 0 Å². The van der Waals surface area contributed by atoms with Crippen LogP contribution in [0.15, 0.2) is 203 Å². The number of nitrogens with one attached hydrogen (secondary N) is 2. The Morgan fingerprint density at radius 1 is 0.407 bits per heavy atom. The minimum atomic E-state index is -0.453. The highest BCUT2D eigenvalue weighted by Crippen LogP contribution is 2.64. The fourth-order valence-electron chi connectivity index (χ4n) is 10.4. The number of thiophene rings is 2. The summed E-state index contributed by atoms with van der Waals surface area (Å²) in [4.78, 5) is 7.72. The van der Waals surface area contributed by atoms with E-state index in [0.29, 0.717) is 0 Å². The van der Waals surface area contributed by atoms with Crippen LogP contribution in [0.5, 0.6) is 0 Å². The predicted molar refractivity (Wildman–Crippen MR) is 247 cm³/mol. The van der Waals surface area contributed by atoms with Crippen LogP contribution in [0.1, 0.15) is 43.1 Å². The van der Waals surface area contributed by atoms with Gasteiger partial charge in [0.1, 0.15) is 0 Å². The quantitative estimate of drug-likeness (QED) is 0.186. The van der Waals surface area contributed by atoms with Crippen molar-refractivity contribution in [2.75, 3.05) is 20.7 Å². The van der Waals surface area contributed by atoms with E-state index in [4.69, 9.17) is 0 Å². The highest BCUT2D eigenvalue weighted by atomic mass is 32.2. The molecule has 2 spiro atoms. The number of benzene rings is 7. The lowest BCUT2D eigenvalue weighted by Crippen LogP contribution is -2.41. The molecule has 280 valence electrons. The highest BCUT2D eigenvalue weighted by Gasteiger charge is 2.52. The van der Waals surface area contributed by atoms with E-state index in [1.54, 1.807) is 0 Å². The standard InChI is InChI=1S/C52H34N4S3/c1-7-19-41-35(13-1)51(49-42(53-41)29-31-57-49)36-14-2-8-20-43(36)55(44-21-9-3-15-37(44)51)34-27-25-33(26-28-34)54-56-45-22-10-4-16-38(45)52(50-46(56)30-32-58-50)39-17-5-11-23-47(39)59-48-24-12-6-18-40(48)52/h1-32,53-54H. The van der Waals surface area contributed by atoms with Crippen LogP contribution in [0.25, 0.3) is 0 Å². The van der Waals surface area contributed by atoms with Gasteiger partial charge in [0.15, 0.2) is 0 Å². The predicted octanol–water partition coefficient (Wildman–Crippen LogP) is 14.4. The van der Waals surface area contributed by atoms with E-state index < -0.39 is 10.8 Å². The number of hydrazine groups is 1. The van der Waals surface area contributed by atoms with Crippen LogP contribution in [0, 0.1) is 0 Å². The smallest absolute Gasteiger partial charge is 0.0875 e. The highest BCUT2D eigenvalue weighted by molar-refractivity contribution is 7.99. The maximum atomic E-state index is 3.89. The third-order valence-corrected chi connectivity index (χ3v) is 15.9. The molecule has 0 bridgehead atoms. The first-order chi connectivity index (χ1) is 29.3. The molecular weight excluding hydrogens is 777 g/mol. The lowest BCUT2D eigenvalue weighted by Gasteiger charge is -2.48. The molecule has 2 N–H and O–H groups in total. The summed E-state index contributed by atoms with van der Waals surface area (Å²) in [6.07, 6.45) is 0. The lowest BCUT2D eigenvalue weighted by molar-refractivity contribution is 0.704. The summed E-state index contributed by atoms with van der Waals surface area (Å²) in [6, 6.07) is 67.2. The van der Waals surface area contributed by atoms with Gasteiger partial charge in [-0.2, -0.15) is 0 Å². The van der Waals surface area contributed by atoms with Crippen LogP contribution in [0.2, 0.25) is 0 Å². The first-order valence-electron chi connectivity index (χ1n) is 19.9. The monoisotopic (exact) mass is 810 g/mol. The molecule has 2 aromatic heterocycles. The number of para-hydroxylation sites is 4. The molecule has 0 unspecified atom stereocenters. The molecule has 9 aromatic rings. The second-order valence-corrected chi connectivity index (χ2v) is 18.4. The summed E-state index contributed by atoms with van der Waals surface area (Å²) in [5.41, 5.74) is 20.0. The van der Waals surface area contributed by atoms with Crippen molar-refractivity contribution in [2.45, 2.75) is 20.6 Å². The van der Waals surface area contributed by atoms with Crippen LogP contribution in [0.4, 0.5) is 45.5 Å². The molecule has 0 amide bonds. The van der Waals surface area contributed by atoms with Crippen LogP contribution in [0.3, 0.4) is 0 Å². The van der Waals surface area contributed by atoms with Crippen molar-refractivity contribution in [3.63, 3.8) is 0 Å². The fraction of sp³-hybridized carbons (Fsp3) is 0.0385. The summed E-state index contributed by atoms with van der Waals surface area (Å²) in [6.45, 7) is 0. The zero-order chi connectivity index (χ0) is 38.7. The maximum Gasteiger partial charge on any atom is 0.0875 e. The van der Waals surface area contributed by atoms with Crippen LogP contribution < -0.4 is 20.7 Å². The summed E-state index contributed by atoms with van der Waals surface area (Å²) < 4.78 is 0. The van der Waals surface area contributed by atoms with Gasteiger partial charge in [0.05, 0.1) is 45.0 Å². The number of hydrogen-bond donors (Lipinski definition) is 2. The topological polar surface area (TPSA) is 30.5 Å². The van der Waals surface area contributed by atoms with E-state index in [2.05, 4.69) is 213 Å². The van der Waals surface area contributed by atoms with Gasteiger partial charge in [-0.25, -0.2) is 0 Å². The first kappa shape index (κ1) is 33.5. The SMILES string of the molecule is c1ccc2c(c1)Nc1ccsc1C21c2ccccc2N(c2ccc(NN3c4ccccc4C4(c5ccccc5Sc5ccccc54)c4sccc43)cc2)c2ccccc21. The maximum absolute atomic E-state index is 3.89. The number of fused-ring (bicyclic) bond motifs is 16. The molecular formula is C52H34N4S3. The summed E-state index contributed by atoms with van der Waals surface area (Å²) in [5.74, 6) is 0. The number of hydrogen-bond acceptors (Lipinski definition) is 7. The van der Waals surface area contributed by atoms with E-state index in [9.17, 15) is 0 Å². The molecule has 4 aliphatic rings. The van der Waals surface area contributed by atoms with Crippen molar-refractivity contribution in [2.24, 2.45) is 0 Å². The second kappa shape index (κ2) is 12.5. The van der Waals surface area contributed by atoms with Gasteiger partial charge in [-0.1, -0.05) is 121 Å². The zero-order valence-corrected chi connectivity index (χ0v) is 34.0. The molecule has 4 aliphatic heterocycles. The molecule has 0 saturated heterocycles. The molecule has 7 heteroatoms. The van der Waals surface area contributed by atoms with Crippen molar-refractivity contribution >= 4 is 79.9 Å². The molecule has 4 nitrogen and oxygen atoms in total. The largest absolute Gasteiger partial charge is 0.354 e. The minimum Gasteiger partial charge on any atom is -0.354 e. The van der Waals surface area contributed by atoms with E-state index in [1.165, 1.54) is 75.7 Å².